The number of nitrogens with one attached hydrogen (secondary N) is 1. The van der Waals surface area contributed by atoms with Crippen molar-refractivity contribution < 1.29 is 19.4 Å². The Balaban J connectivity index is 1.94. The van der Waals surface area contributed by atoms with E-state index in [-0.39, 0.29) is 18.9 Å². The highest BCUT2D eigenvalue weighted by Gasteiger charge is 2.50. The topological polar surface area (TPSA) is 129 Å². The fourth-order valence-electron chi connectivity index (χ4n) is 3.63. The molecule has 1 heterocycles. The van der Waals surface area contributed by atoms with Crippen LogP contribution >= 0.6 is 0 Å². The van der Waals surface area contributed by atoms with Crippen LogP contribution in [0.2, 0.25) is 0 Å². The summed E-state index contributed by atoms with van der Waals surface area (Å²) in [6.45, 7) is 4.83. The molecular weight excluding hydrogens is 422 g/mol. The Morgan fingerprint density at radius 1 is 1.30 bits per heavy atom. The fourth-order valence-corrected chi connectivity index (χ4v) is 3.63. The molecule has 0 aromatic heterocycles. The second-order valence-corrected chi connectivity index (χ2v) is 7.80. The normalized spacial score (nSPS) is 19.2. The molecule has 33 heavy (non-hydrogen) atoms. The lowest BCUT2D eigenvalue weighted by molar-refractivity contribution is -0.128. The number of rotatable bonds is 11. The van der Waals surface area contributed by atoms with Crippen LogP contribution < -0.4 is 10.1 Å². The van der Waals surface area contributed by atoms with Crippen molar-refractivity contribution in [3.05, 3.63) is 70.1 Å². The number of ether oxygens (including phenoxy) is 2. The molecule has 2 aromatic rings. The molecule has 0 saturated heterocycles. The van der Waals surface area contributed by atoms with E-state index in [4.69, 9.17) is 25.1 Å². The number of hydrogen-bond donors (Lipinski definition) is 2. The molecule has 3 rings (SSSR count). The van der Waals surface area contributed by atoms with E-state index in [1.807, 2.05) is 38.1 Å². The van der Waals surface area contributed by atoms with Crippen molar-refractivity contribution in [2.75, 3.05) is 19.8 Å². The summed E-state index contributed by atoms with van der Waals surface area (Å²) in [7, 11) is 0. The van der Waals surface area contributed by atoms with Gasteiger partial charge in [0.25, 0.3) is 5.91 Å². The zero-order valence-corrected chi connectivity index (χ0v) is 18.9. The fraction of sp³-hybridized carbons (Fsp3) is 0.417. The van der Waals surface area contributed by atoms with Crippen LogP contribution in [0.4, 0.5) is 5.69 Å². The van der Waals surface area contributed by atoms with Gasteiger partial charge < -0.3 is 19.9 Å². The van der Waals surface area contributed by atoms with Gasteiger partial charge in [0.05, 0.1) is 6.61 Å². The van der Waals surface area contributed by atoms with Gasteiger partial charge in [-0.25, -0.2) is 4.99 Å². The van der Waals surface area contributed by atoms with Crippen molar-refractivity contribution in [3.63, 3.8) is 0 Å². The first-order valence-corrected chi connectivity index (χ1v) is 11.1. The van der Waals surface area contributed by atoms with E-state index in [2.05, 4.69) is 15.3 Å². The van der Waals surface area contributed by atoms with E-state index in [0.717, 1.165) is 17.5 Å². The molecule has 0 fully saturated rings. The van der Waals surface area contributed by atoms with E-state index < -0.39 is 11.6 Å². The Labute approximate surface area is 193 Å². The third-order valence-electron chi connectivity index (χ3n) is 5.47. The molecule has 1 aliphatic heterocycles. The van der Waals surface area contributed by atoms with E-state index in [1.54, 1.807) is 24.3 Å². The molecule has 0 bridgehead atoms. The van der Waals surface area contributed by atoms with Crippen LogP contribution in [-0.2, 0) is 16.0 Å². The standard InChI is InChI=1S/C24H29N5O4/c1-3-13-26-23(31)24(16-19-7-4-5-8-21(19)28-29-25)17(2)33-22(27-24)18-9-11-20(12-10-18)32-15-6-14-30/h4-5,7-12,17,30H,3,6,13-16H2,1-2H3,(H,26,31)/t17-,24-/m1/s1. The van der Waals surface area contributed by atoms with Gasteiger partial charge in [0.1, 0.15) is 11.9 Å². The van der Waals surface area contributed by atoms with Crippen LogP contribution in [0.5, 0.6) is 5.75 Å². The predicted molar refractivity (Wildman–Crippen MR) is 126 cm³/mol. The lowest BCUT2D eigenvalue weighted by atomic mass is 9.85. The summed E-state index contributed by atoms with van der Waals surface area (Å²) >= 11 is 0. The first-order valence-electron chi connectivity index (χ1n) is 11.1. The molecule has 0 unspecified atom stereocenters. The summed E-state index contributed by atoms with van der Waals surface area (Å²) in [5.74, 6) is 0.818. The van der Waals surface area contributed by atoms with Crippen molar-refractivity contribution in [3.8, 4) is 5.75 Å². The summed E-state index contributed by atoms with van der Waals surface area (Å²) in [5, 5.41) is 15.6. The molecule has 1 amide bonds. The number of carbonyl (C=O) groups excluding carboxylic acids is 1. The van der Waals surface area contributed by atoms with E-state index in [1.165, 1.54) is 0 Å². The quantitative estimate of drug-likeness (QED) is 0.231. The zero-order valence-electron chi connectivity index (χ0n) is 18.9. The van der Waals surface area contributed by atoms with Gasteiger partial charge in [-0.1, -0.05) is 36.3 Å². The van der Waals surface area contributed by atoms with Crippen molar-refractivity contribution in [1.29, 1.82) is 0 Å². The molecule has 1 aliphatic rings. The second kappa shape index (κ2) is 11.4. The summed E-state index contributed by atoms with van der Waals surface area (Å²) in [6.07, 6.45) is 1.04. The monoisotopic (exact) mass is 451 g/mol. The summed E-state index contributed by atoms with van der Waals surface area (Å²) in [4.78, 5) is 21.1. The summed E-state index contributed by atoms with van der Waals surface area (Å²) < 4.78 is 11.7. The average molecular weight is 452 g/mol. The first-order chi connectivity index (χ1) is 16.0. The van der Waals surface area contributed by atoms with E-state index in [0.29, 0.717) is 36.9 Å². The highest BCUT2D eigenvalue weighted by Crippen LogP contribution is 2.35. The van der Waals surface area contributed by atoms with Crippen LogP contribution in [-0.4, -0.2) is 48.3 Å². The molecule has 0 saturated carbocycles. The Morgan fingerprint density at radius 2 is 2.06 bits per heavy atom. The maximum Gasteiger partial charge on any atom is 0.252 e. The van der Waals surface area contributed by atoms with Crippen LogP contribution in [0.3, 0.4) is 0 Å². The molecule has 174 valence electrons. The molecule has 2 atom stereocenters. The highest BCUT2D eigenvalue weighted by atomic mass is 16.5. The largest absolute Gasteiger partial charge is 0.494 e. The third kappa shape index (κ3) is 5.63. The molecule has 2 aromatic carbocycles. The molecule has 9 heteroatoms. The van der Waals surface area contributed by atoms with Crippen LogP contribution in [0.1, 0.15) is 37.8 Å². The van der Waals surface area contributed by atoms with Crippen molar-refractivity contribution in [1.82, 2.24) is 5.32 Å². The van der Waals surface area contributed by atoms with Gasteiger partial charge in [-0.15, -0.1) is 0 Å². The van der Waals surface area contributed by atoms with Gasteiger partial charge in [0, 0.05) is 42.2 Å². The van der Waals surface area contributed by atoms with Gasteiger partial charge >= 0.3 is 0 Å². The number of aliphatic hydroxyl groups is 1. The number of carbonyl (C=O) groups is 1. The Morgan fingerprint density at radius 3 is 2.76 bits per heavy atom. The maximum absolute atomic E-state index is 13.3. The zero-order chi connectivity index (χ0) is 23.7. The van der Waals surface area contributed by atoms with Crippen molar-refractivity contribution in [2.24, 2.45) is 10.1 Å². The maximum atomic E-state index is 13.3. The molecule has 0 spiro atoms. The smallest absolute Gasteiger partial charge is 0.252 e. The van der Waals surface area contributed by atoms with Crippen LogP contribution in [0.15, 0.2) is 58.6 Å². The minimum Gasteiger partial charge on any atom is -0.494 e. The molecule has 9 nitrogen and oxygen atoms in total. The van der Waals surface area contributed by atoms with Crippen LogP contribution in [0.25, 0.3) is 10.4 Å². The SMILES string of the molecule is CCCNC(=O)[C@]1(Cc2ccccc2N=[N+]=[N-])N=C(c2ccc(OCCCO)cc2)O[C@@H]1C. The Bertz CT molecular complexity index is 1030. The number of azide groups is 1. The van der Waals surface area contributed by atoms with Gasteiger partial charge in [0.2, 0.25) is 5.90 Å². The summed E-state index contributed by atoms with van der Waals surface area (Å²) in [5.41, 5.74) is 9.63. The van der Waals surface area contributed by atoms with Gasteiger partial charge in [-0.2, -0.15) is 0 Å². The van der Waals surface area contributed by atoms with Gasteiger partial charge in [0.15, 0.2) is 5.54 Å². The number of aliphatic imine (C=N–C) groups is 1. The Hall–Kier alpha value is -3.55. The first kappa shape index (κ1) is 24.1. The van der Waals surface area contributed by atoms with E-state index in [9.17, 15) is 4.79 Å². The molecule has 0 aliphatic carbocycles. The van der Waals surface area contributed by atoms with Crippen molar-refractivity contribution in [2.45, 2.75) is 44.8 Å². The van der Waals surface area contributed by atoms with Gasteiger partial charge in [-0.3, -0.25) is 4.79 Å². The minimum absolute atomic E-state index is 0.0750. The number of nitrogens with zero attached hydrogens (tertiary/aromatic N) is 4. The van der Waals surface area contributed by atoms with Crippen molar-refractivity contribution >= 4 is 17.5 Å². The van der Waals surface area contributed by atoms with Crippen LogP contribution in [0, 0.1) is 0 Å². The molecule has 2 N–H and O–H groups in total. The Kier molecular flexibility index (Phi) is 8.29. The van der Waals surface area contributed by atoms with E-state index >= 15 is 0 Å². The molecule has 0 radical (unpaired) electrons. The predicted octanol–water partition coefficient (Wildman–Crippen LogP) is 4.06. The average Bonchev–Trinajstić information content (AvgIpc) is 3.16. The lowest BCUT2D eigenvalue weighted by Crippen LogP contribution is -2.52. The minimum atomic E-state index is -1.21. The highest BCUT2D eigenvalue weighted by molar-refractivity contribution is 6.01. The number of benzene rings is 2. The number of amides is 1. The second-order valence-electron chi connectivity index (χ2n) is 7.80. The van der Waals surface area contributed by atoms with Gasteiger partial charge in [-0.05, 0) is 48.7 Å². The molecular formula is C24H29N5O4. The number of aliphatic hydroxyl groups excluding tert-OH is 1. The number of hydrogen-bond acceptors (Lipinski definition) is 6. The summed E-state index contributed by atoms with van der Waals surface area (Å²) in [6, 6.07) is 14.4. The third-order valence-corrected chi connectivity index (χ3v) is 5.47. The lowest BCUT2D eigenvalue weighted by Gasteiger charge is -2.28.